The van der Waals surface area contributed by atoms with E-state index in [4.69, 9.17) is 9.15 Å². The number of benzene rings is 1. The van der Waals surface area contributed by atoms with Crippen LogP contribution in [-0.2, 0) is 4.74 Å². The predicted molar refractivity (Wildman–Crippen MR) is 85.5 cm³/mol. The minimum absolute atomic E-state index is 0.212. The molecule has 1 amide bonds. The van der Waals surface area contributed by atoms with Gasteiger partial charge in [-0.3, -0.25) is 4.79 Å². The lowest BCUT2D eigenvalue weighted by Crippen LogP contribution is -2.28. The van der Waals surface area contributed by atoms with Crippen LogP contribution in [-0.4, -0.2) is 35.9 Å². The van der Waals surface area contributed by atoms with Gasteiger partial charge in [0, 0.05) is 19.7 Å². The highest BCUT2D eigenvalue weighted by Gasteiger charge is 2.18. The average Bonchev–Trinajstić information content (AvgIpc) is 3.25. The number of hydrogen-bond acceptors (Lipinski definition) is 4. The number of carbonyl (C=O) groups is 1. The van der Waals surface area contributed by atoms with Gasteiger partial charge in [0.15, 0.2) is 5.76 Å². The van der Waals surface area contributed by atoms with Gasteiger partial charge in [-0.25, -0.2) is 4.68 Å². The molecule has 2 heterocycles. The van der Waals surface area contributed by atoms with Gasteiger partial charge in [0.05, 0.1) is 18.6 Å². The molecule has 0 fully saturated rings. The zero-order valence-electron chi connectivity index (χ0n) is 12.7. The van der Waals surface area contributed by atoms with Crippen LogP contribution in [0.5, 0.6) is 0 Å². The van der Waals surface area contributed by atoms with Crippen molar-refractivity contribution in [3.05, 3.63) is 60.5 Å². The standard InChI is InChI=1S/C17H17N3O3/c1-22-11-9-18-17(21)15-12-14(16-8-5-10-23-16)19-20(15)13-6-3-2-4-7-13/h2-8,10,12H,9,11H2,1H3,(H,18,21). The summed E-state index contributed by atoms with van der Waals surface area (Å²) in [6.07, 6.45) is 1.58. The van der Waals surface area contributed by atoms with Crippen molar-refractivity contribution in [3.63, 3.8) is 0 Å². The summed E-state index contributed by atoms with van der Waals surface area (Å²) in [6, 6.07) is 14.8. The van der Waals surface area contributed by atoms with E-state index in [9.17, 15) is 4.79 Å². The smallest absolute Gasteiger partial charge is 0.270 e. The third kappa shape index (κ3) is 3.32. The summed E-state index contributed by atoms with van der Waals surface area (Å²) in [7, 11) is 1.59. The second kappa shape index (κ2) is 6.93. The highest BCUT2D eigenvalue weighted by Crippen LogP contribution is 2.22. The van der Waals surface area contributed by atoms with Crippen LogP contribution in [0.15, 0.2) is 59.2 Å². The summed E-state index contributed by atoms with van der Waals surface area (Å²) in [4.78, 5) is 12.4. The quantitative estimate of drug-likeness (QED) is 0.710. The van der Waals surface area contributed by atoms with E-state index in [1.165, 1.54) is 0 Å². The van der Waals surface area contributed by atoms with Crippen LogP contribution in [0.1, 0.15) is 10.5 Å². The number of methoxy groups -OCH3 is 1. The molecule has 3 aromatic rings. The third-order valence-corrected chi connectivity index (χ3v) is 3.31. The number of amides is 1. The minimum atomic E-state index is -0.212. The molecule has 118 valence electrons. The molecule has 0 aliphatic heterocycles. The van der Waals surface area contributed by atoms with Crippen LogP contribution in [0.2, 0.25) is 0 Å². The highest BCUT2D eigenvalue weighted by molar-refractivity contribution is 5.94. The van der Waals surface area contributed by atoms with E-state index in [1.807, 2.05) is 36.4 Å². The van der Waals surface area contributed by atoms with E-state index in [0.717, 1.165) is 5.69 Å². The maximum absolute atomic E-state index is 12.4. The van der Waals surface area contributed by atoms with E-state index < -0.39 is 0 Å². The van der Waals surface area contributed by atoms with Gasteiger partial charge < -0.3 is 14.5 Å². The molecule has 2 aromatic heterocycles. The first kappa shape index (κ1) is 15.1. The highest BCUT2D eigenvalue weighted by atomic mass is 16.5. The maximum atomic E-state index is 12.4. The molecular weight excluding hydrogens is 294 g/mol. The van der Waals surface area contributed by atoms with E-state index in [2.05, 4.69) is 10.4 Å². The van der Waals surface area contributed by atoms with Gasteiger partial charge in [-0.1, -0.05) is 18.2 Å². The lowest BCUT2D eigenvalue weighted by atomic mass is 10.2. The Morgan fingerprint density at radius 2 is 2.09 bits per heavy atom. The molecule has 0 bridgehead atoms. The van der Waals surface area contributed by atoms with Gasteiger partial charge in [0.25, 0.3) is 5.91 Å². The van der Waals surface area contributed by atoms with Crippen LogP contribution >= 0.6 is 0 Å². The molecular formula is C17H17N3O3. The molecule has 0 aliphatic rings. The molecule has 6 heteroatoms. The Kier molecular flexibility index (Phi) is 4.54. The van der Waals surface area contributed by atoms with Crippen molar-refractivity contribution in [2.45, 2.75) is 0 Å². The third-order valence-electron chi connectivity index (χ3n) is 3.31. The second-order valence-corrected chi connectivity index (χ2v) is 4.89. The molecule has 0 aliphatic carbocycles. The molecule has 0 spiro atoms. The molecule has 6 nitrogen and oxygen atoms in total. The van der Waals surface area contributed by atoms with Crippen molar-refractivity contribution in [2.75, 3.05) is 20.3 Å². The number of nitrogens with one attached hydrogen (secondary N) is 1. The Morgan fingerprint density at radius 3 is 2.78 bits per heavy atom. The number of para-hydroxylation sites is 1. The number of carbonyl (C=O) groups excluding carboxylic acids is 1. The second-order valence-electron chi connectivity index (χ2n) is 4.89. The van der Waals surface area contributed by atoms with Crippen LogP contribution in [0.25, 0.3) is 17.1 Å². The number of ether oxygens (including phenoxy) is 1. The van der Waals surface area contributed by atoms with Crippen LogP contribution < -0.4 is 5.32 Å². The normalized spacial score (nSPS) is 10.7. The van der Waals surface area contributed by atoms with Crippen LogP contribution in [0, 0.1) is 0 Å². The Hall–Kier alpha value is -2.86. The molecule has 0 unspecified atom stereocenters. The summed E-state index contributed by atoms with van der Waals surface area (Å²) in [6.45, 7) is 0.891. The Bertz CT molecular complexity index is 764. The van der Waals surface area contributed by atoms with Gasteiger partial charge in [-0.2, -0.15) is 5.10 Å². The maximum Gasteiger partial charge on any atom is 0.270 e. The van der Waals surface area contributed by atoms with Crippen molar-refractivity contribution in [3.8, 4) is 17.1 Å². The van der Waals surface area contributed by atoms with Crippen molar-refractivity contribution >= 4 is 5.91 Å². The lowest BCUT2D eigenvalue weighted by molar-refractivity contribution is 0.0929. The topological polar surface area (TPSA) is 69.3 Å². The molecule has 0 radical (unpaired) electrons. The number of nitrogens with zero attached hydrogens (tertiary/aromatic N) is 2. The lowest BCUT2D eigenvalue weighted by Gasteiger charge is -2.07. The number of rotatable bonds is 6. The summed E-state index contributed by atoms with van der Waals surface area (Å²) in [5.41, 5.74) is 1.86. The fourth-order valence-corrected chi connectivity index (χ4v) is 2.21. The van der Waals surface area contributed by atoms with Gasteiger partial charge in [-0.15, -0.1) is 0 Å². The van der Waals surface area contributed by atoms with Crippen molar-refractivity contribution in [2.24, 2.45) is 0 Å². The molecule has 3 rings (SSSR count). The van der Waals surface area contributed by atoms with Crippen molar-refractivity contribution < 1.29 is 13.9 Å². The zero-order chi connectivity index (χ0) is 16.1. The summed E-state index contributed by atoms with van der Waals surface area (Å²) in [5, 5.41) is 7.32. The Labute approximate surface area is 133 Å². The van der Waals surface area contributed by atoms with E-state index in [-0.39, 0.29) is 5.91 Å². The van der Waals surface area contributed by atoms with Gasteiger partial charge in [0.2, 0.25) is 0 Å². The van der Waals surface area contributed by atoms with Crippen LogP contribution in [0.4, 0.5) is 0 Å². The number of furan rings is 1. The van der Waals surface area contributed by atoms with Crippen molar-refractivity contribution in [1.82, 2.24) is 15.1 Å². The molecule has 23 heavy (non-hydrogen) atoms. The van der Waals surface area contributed by atoms with E-state index in [1.54, 1.807) is 30.2 Å². The van der Waals surface area contributed by atoms with Gasteiger partial charge in [-0.05, 0) is 24.3 Å². The first-order chi connectivity index (χ1) is 11.3. The molecule has 0 atom stereocenters. The largest absolute Gasteiger partial charge is 0.463 e. The fourth-order valence-electron chi connectivity index (χ4n) is 2.21. The first-order valence-electron chi connectivity index (χ1n) is 7.26. The molecule has 1 aromatic carbocycles. The Balaban J connectivity index is 1.97. The fraction of sp³-hybridized carbons (Fsp3) is 0.176. The predicted octanol–water partition coefficient (Wildman–Crippen LogP) is 2.51. The SMILES string of the molecule is COCCNC(=O)c1cc(-c2ccco2)nn1-c1ccccc1. The van der Waals surface area contributed by atoms with E-state index in [0.29, 0.717) is 30.3 Å². The van der Waals surface area contributed by atoms with Crippen LogP contribution in [0.3, 0.4) is 0 Å². The summed E-state index contributed by atoms with van der Waals surface area (Å²) in [5.74, 6) is 0.404. The number of hydrogen-bond donors (Lipinski definition) is 1. The first-order valence-corrected chi connectivity index (χ1v) is 7.26. The van der Waals surface area contributed by atoms with Gasteiger partial charge in [0.1, 0.15) is 11.4 Å². The summed E-state index contributed by atoms with van der Waals surface area (Å²) < 4.78 is 11.9. The minimum Gasteiger partial charge on any atom is -0.463 e. The molecule has 0 saturated carbocycles. The average molecular weight is 311 g/mol. The van der Waals surface area contributed by atoms with E-state index >= 15 is 0 Å². The van der Waals surface area contributed by atoms with Crippen molar-refractivity contribution in [1.29, 1.82) is 0 Å². The zero-order valence-corrected chi connectivity index (χ0v) is 12.7. The van der Waals surface area contributed by atoms with Gasteiger partial charge >= 0.3 is 0 Å². The summed E-state index contributed by atoms with van der Waals surface area (Å²) >= 11 is 0. The molecule has 1 N–H and O–H groups in total. The number of aromatic nitrogens is 2. The Morgan fingerprint density at radius 1 is 1.26 bits per heavy atom. The molecule has 0 saturated heterocycles. The monoisotopic (exact) mass is 311 g/mol.